The zero-order valence-electron chi connectivity index (χ0n) is 11.6. The van der Waals surface area contributed by atoms with Gasteiger partial charge in [-0.1, -0.05) is 33.1 Å². The van der Waals surface area contributed by atoms with Crippen molar-refractivity contribution < 1.29 is 13.2 Å². The SMILES string of the molecule is CCCCCC(NCCC)c1cc(F)c(F)c(F)c1. The van der Waals surface area contributed by atoms with Gasteiger partial charge < -0.3 is 5.32 Å². The molecule has 0 aliphatic carbocycles. The normalized spacial score (nSPS) is 12.7. The summed E-state index contributed by atoms with van der Waals surface area (Å²) in [5.41, 5.74) is 0.487. The van der Waals surface area contributed by atoms with Crippen LogP contribution < -0.4 is 5.32 Å². The summed E-state index contributed by atoms with van der Waals surface area (Å²) >= 11 is 0. The average molecular weight is 273 g/mol. The summed E-state index contributed by atoms with van der Waals surface area (Å²) in [4.78, 5) is 0. The number of hydrogen-bond donors (Lipinski definition) is 1. The maximum absolute atomic E-state index is 13.3. The van der Waals surface area contributed by atoms with Crippen LogP contribution in [0.15, 0.2) is 12.1 Å². The van der Waals surface area contributed by atoms with Gasteiger partial charge in [-0.05, 0) is 37.1 Å². The lowest BCUT2D eigenvalue weighted by molar-refractivity contribution is 0.431. The van der Waals surface area contributed by atoms with Gasteiger partial charge in [-0.25, -0.2) is 13.2 Å². The second-order valence-electron chi connectivity index (χ2n) is 4.80. The fourth-order valence-electron chi connectivity index (χ4n) is 2.08. The number of rotatable bonds is 8. The van der Waals surface area contributed by atoms with Crippen molar-refractivity contribution in [1.29, 1.82) is 0 Å². The highest BCUT2D eigenvalue weighted by atomic mass is 19.2. The number of halogens is 3. The minimum Gasteiger partial charge on any atom is -0.310 e. The Hall–Kier alpha value is -1.03. The summed E-state index contributed by atoms with van der Waals surface area (Å²) in [6, 6.07) is 2.08. The third kappa shape index (κ3) is 4.86. The predicted molar refractivity (Wildman–Crippen MR) is 71.5 cm³/mol. The predicted octanol–water partition coefficient (Wildman–Crippen LogP) is 4.72. The van der Waals surface area contributed by atoms with Crippen molar-refractivity contribution in [2.24, 2.45) is 0 Å². The summed E-state index contributed by atoms with van der Waals surface area (Å²) in [6.45, 7) is 4.91. The third-order valence-electron chi connectivity index (χ3n) is 3.15. The highest BCUT2D eigenvalue weighted by molar-refractivity contribution is 5.22. The molecule has 0 heterocycles. The van der Waals surface area contributed by atoms with Crippen LogP contribution >= 0.6 is 0 Å². The molecule has 0 spiro atoms. The van der Waals surface area contributed by atoms with Crippen molar-refractivity contribution in [3.05, 3.63) is 35.1 Å². The Labute approximate surface area is 113 Å². The molecule has 1 aromatic carbocycles. The molecule has 0 saturated carbocycles. The fourth-order valence-corrected chi connectivity index (χ4v) is 2.08. The number of benzene rings is 1. The highest BCUT2D eigenvalue weighted by Gasteiger charge is 2.16. The summed E-state index contributed by atoms with van der Waals surface area (Å²) in [5, 5.41) is 3.26. The van der Waals surface area contributed by atoms with Crippen LogP contribution in [-0.4, -0.2) is 6.54 Å². The molecular formula is C15H22F3N. The standard InChI is InChI=1S/C15H22F3N/c1-3-5-6-7-14(19-8-4-2)11-9-12(16)15(18)13(17)10-11/h9-10,14,19H,3-8H2,1-2H3. The minimum absolute atomic E-state index is 0.115. The topological polar surface area (TPSA) is 12.0 Å². The Morgan fingerprint density at radius 1 is 1.00 bits per heavy atom. The Kier molecular flexibility index (Phi) is 6.92. The van der Waals surface area contributed by atoms with Gasteiger partial charge >= 0.3 is 0 Å². The Morgan fingerprint density at radius 3 is 2.16 bits per heavy atom. The van der Waals surface area contributed by atoms with Crippen molar-refractivity contribution in [1.82, 2.24) is 5.32 Å². The van der Waals surface area contributed by atoms with Gasteiger partial charge in [0.25, 0.3) is 0 Å². The fraction of sp³-hybridized carbons (Fsp3) is 0.600. The maximum atomic E-state index is 13.3. The first-order valence-electron chi connectivity index (χ1n) is 6.98. The third-order valence-corrected chi connectivity index (χ3v) is 3.15. The quantitative estimate of drug-likeness (QED) is 0.533. The number of unbranched alkanes of at least 4 members (excludes halogenated alkanes) is 2. The molecule has 1 aromatic rings. The molecule has 0 saturated heterocycles. The molecule has 4 heteroatoms. The van der Waals surface area contributed by atoms with E-state index in [0.29, 0.717) is 5.56 Å². The van der Waals surface area contributed by atoms with Gasteiger partial charge in [0, 0.05) is 6.04 Å². The van der Waals surface area contributed by atoms with Crippen LogP contribution in [0.25, 0.3) is 0 Å². The van der Waals surface area contributed by atoms with Crippen LogP contribution in [0.4, 0.5) is 13.2 Å². The Morgan fingerprint density at radius 2 is 1.63 bits per heavy atom. The van der Waals surface area contributed by atoms with Crippen molar-refractivity contribution >= 4 is 0 Å². The van der Waals surface area contributed by atoms with Crippen molar-refractivity contribution in [2.45, 2.75) is 52.0 Å². The Bertz CT molecular complexity index is 370. The lowest BCUT2D eigenvalue weighted by Crippen LogP contribution is -2.22. The molecule has 19 heavy (non-hydrogen) atoms. The van der Waals surface area contributed by atoms with E-state index in [4.69, 9.17) is 0 Å². The monoisotopic (exact) mass is 273 g/mol. The zero-order valence-corrected chi connectivity index (χ0v) is 11.6. The van der Waals surface area contributed by atoms with E-state index >= 15 is 0 Å². The first kappa shape index (κ1) is 16.0. The molecule has 0 aliphatic heterocycles. The van der Waals surface area contributed by atoms with Crippen LogP contribution in [0.3, 0.4) is 0 Å². The summed E-state index contributed by atoms with van der Waals surface area (Å²) in [6.07, 6.45) is 4.90. The van der Waals surface area contributed by atoms with Gasteiger partial charge in [-0.3, -0.25) is 0 Å². The molecule has 0 amide bonds. The van der Waals surface area contributed by atoms with Gasteiger partial charge in [0.05, 0.1) is 0 Å². The molecular weight excluding hydrogens is 251 g/mol. The summed E-state index contributed by atoms with van der Waals surface area (Å²) in [7, 11) is 0. The lowest BCUT2D eigenvalue weighted by Gasteiger charge is -2.19. The van der Waals surface area contributed by atoms with E-state index in [2.05, 4.69) is 12.2 Å². The van der Waals surface area contributed by atoms with Crippen molar-refractivity contribution in [3.63, 3.8) is 0 Å². The average Bonchev–Trinajstić information content (AvgIpc) is 2.39. The molecule has 1 unspecified atom stereocenters. The molecule has 108 valence electrons. The maximum Gasteiger partial charge on any atom is 0.194 e. The van der Waals surface area contributed by atoms with E-state index < -0.39 is 17.5 Å². The van der Waals surface area contributed by atoms with Gasteiger partial charge in [0.15, 0.2) is 17.5 Å². The molecule has 0 fully saturated rings. The largest absolute Gasteiger partial charge is 0.310 e. The van der Waals surface area contributed by atoms with E-state index in [1.807, 2.05) is 6.92 Å². The van der Waals surface area contributed by atoms with Gasteiger partial charge in [-0.15, -0.1) is 0 Å². The van der Waals surface area contributed by atoms with Crippen LogP contribution in [-0.2, 0) is 0 Å². The van der Waals surface area contributed by atoms with Crippen molar-refractivity contribution in [2.75, 3.05) is 6.54 Å². The molecule has 0 radical (unpaired) electrons. The van der Waals surface area contributed by atoms with E-state index in [1.54, 1.807) is 0 Å². The van der Waals surface area contributed by atoms with Crippen molar-refractivity contribution in [3.8, 4) is 0 Å². The van der Waals surface area contributed by atoms with E-state index in [9.17, 15) is 13.2 Å². The van der Waals surface area contributed by atoms with Crippen LogP contribution in [0.1, 0.15) is 57.6 Å². The molecule has 1 N–H and O–H groups in total. The van der Waals surface area contributed by atoms with Crippen LogP contribution in [0.5, 0.6) is 0 Å². The molecule has 1 rings (SSSR count). The molecule has 0 aromatic heterocycles. The number of hydrogen-bond acceptors (Lipinski definition) is 1. The molecule has 0 aliphatic rings. The Balaban J connectivity index is 2.83. The highest BCUT2D eigenvalue weighted by Crippen LogP contribution is 2.23. The minimum atomic E-state index is -1.40. The molecule has 0 bridgehead atoms. The van der Waals surface area contributed by atoms with Crippen LogP contribution in [0, 0.1) is 17.5 Å². The lowest BCUT2D eigenvalue weighted by atomic mass is 10.00. The summed E-state index contributed by atoms with van der Waals surface area (Å²) < 4.78 is 39.5. The van der Waals surface area contributed by atoms with Gasteiger partial charge in [0.2, 0.25) is 0 Å². The second kappa shape index (κ2) is 8.20. The summed E-state index contributed by atoms with van der Waals surface area (Å²) in [5.74, 6) is -3.63. The van der Waals surface area contributed by atoms with Crippen LogP contribution in [0.2, 0.25) is 0 Å². The van der Waals surface area contributed by atoms with E-state index in [0.717, 1.165) is 50.8 Å². The second-order valence-corrected chi connectivity index (χ2v) is 4.80. The molecule has 1 atom stereocenters. The first-order chi connectivity index (χ1) is 9.10. The molecule has 1 nitrogen and oxygen atoms in total. The van der Waals surface area contributed by atoms with Gasteiger partial charge in [0.1, 0.15) is 0 Å². The van der Waals surface area contributed by atoms with Gasteiger partial charge in [-0.2, -0.15) is 0 Å². The number of nitrogens with one attached hydrogen (secondary N) is 1. The zero-order chi connectivity index (χ0) is 14.3. The smallest absolute Gasteiger partial charge is 0.194 e. The van der Waals surface area contributed by atoms with E-state index in [1.165, 1.54) is 0 Å². The first-order valence-corrected chi connectivity index (χ1v) is 6.98. The van der Waals surface area contributed by atoms with E-state index in [-0.39, 0.29) is 6.04 Å².